The van der Waals surface area contributed by atoms with Crippen LogP contribution >= 0.6 is 23.1 Å². The highest BCUT2D eigenvalue weighted by Crippen LogP contribution is 2.30. The molecule has 0 saturated heterocycles. The first-order valence-electron chi connectivity index (χ1n) is 7.87. The van der Waals surface area contributed by atoms with E-state index in [1.54, 1.807) is 23.1 Å². The molecule has 1 N–H and O–H groups in total. The van der Waals surface area contributed by atoms with Gasteiger partial charge in [0.1, 0.15) is 0 Å². The van der Waals surface area contributed by atoms with Gasteiger partial charge in [-0.25, -0.2) is 4.79 Å². The molecule has 2 aromatic rings. The van der Waals surface area contributed by atoms with Gasteiger partial charge >= 0.3 is 6.03 Å². The fourth-order valence-corrected chi connectivity index (χ4v) is 3.92. The van der Waals surface area contributed by atoms with E-state index < -0.39 is 0 Å². The SMILES string of the molecule is CSc1cccc(CNC(=O)N(Cc2sccc2C)C2CC2)c1. The van der Waals surface area contributed by atoms with E-state index in [-0.39, 0.29) is 6.03 Å². The number of nitrogens with one attached hydrogen (secondary N) is 1. The fourth-order valence-electron chi connectivity index (χ4n) is 2.54. The predicted molar refractivity (Wildman–Crippen MR) is 98.1 cm³/mol. The van der Waals surface area contributed by atoms with Gasteiger partial charge < -0.3 is 10.2 Å². The minimum Gasteiger partial charge on any atom is -0.334 e. The maximum atomic E-state index is 12.6. The van der Waals surface area contributed by atoms with Crippen molar-refractivity contribution < 1.29 is 4.79 Å². The van der Waals surface area contributed by atoms with E-state index >= 15 is 0 Å². The molecule has 0 radical (unpaired) electrons. The average Bonchev–Trinajstić information content (AvgIpc) is 3.33. The number of rotatable bonds is 6. The first-order chi connectivity index (χ1) is 11.2. The van der Waals surface area contributed by atoms with Crippen molar-refractivity contribution in [1.29, 1.82) is 0 Å². The van der Waals surface area contributed by atoms with Gasteiger partial charge in [0.15, 0.2) is 0 Å². The molecule has 1 aliphatic rings. The first-order valence-corrected chi connectivity index (χ1v) is 9.98. The molecular formula is C18H22N2OS2. The van der Waals surface area contributed by atoms with Crippen LogP contribution in [0.25, 0.3) is 0 Å². The molecule has 0 bridgehead atoms. The number of thiophene rings is 1. The number of thioether (sulfide) groups is 1. The van der Waals surface area contributed by atoms with Crippen LogP contribution in [-0.4, -0.2) is 23.2 Å². The Balaban J connectivity index is 1.61. The van der Waals surface area contributed by atoms with Gasteiger partial charge in [0.2, 0.25) is 0 Å². The van der Waals surface area contributed by atoms with Gasteiger partial charge in [-0.2, -0.15) is 0 Å². The molecule has 5 heteroatoms. The molecule has 1 heterocycles. The smallest absolute Gasteiger partial charge is 0.318 e. The summed E-state index contributed by atoms with van der Waals surface area (Å²) < 4.78 is 0. The third kappa shape index (κ3) is 4.30. The van der Waals surface area contributed by atoms with Gasteiger partial charge in [0.05, 0.1) is 6.54 Å². The third-order valence-electron chi connectivity index (χ3n) is 4.11. The van der Waals surface area contributed by atoms with Crippen LogP contribution in [0.4, 0.5) is 4.79 Å². The summed E-state index contributed by atoms with van der Waals surface area (Å²) in [5, 5.41) is 5.18. The zero-order chi connectivity index (χ0) is 16.2. The first kappa shape index (κ1) is 16.4. The Labute approximate surface area is 146 Å². The van der Waals surface area contributed by atoms with E-state index in [2.05, 4.69) is 48.1 Å². The summed E-state index contributed by atoms with van der Waals surface area (Å²) in [6.45, 7) is 3.42. The van der Waals surface area contributed by atoms with Crippen LogP contribution < -0.4 is 5.32 Å². The molecule has 0 aliphatic heterocycles. The lowest BCUT2D eigenvalue weighted by molar-refractivity contribution is 0.192. The second-order valence-electron chi connectivity index (χ2n) is 5.90. The van der Waals surface area contributed by atoms with Crippen molar-refractivity contribution in [3.05, 3.63) is 51.7 Å². The standard InChI is InChI=1S/C18H22N2OS2/c1-13-8-9-23-17(13)12-20(15-6-7-15)18(21)19-11-14-4-3-5-16(10-14)22-2/h3-5,8-10,15H,6-7,11-12H2,1-2H3,(H,19,21). The Morgan fingerprint density at radius 2 is 2.22 bits per heavy atom. The van der Waals surface area contributed by atoms with Crippen LogP contribution in [0.3, 0.4) is 0 Å². The van der Waals surface area contributed by atoms with Crippen molar-refractivity contribution in [1.82, 2.24) is 10.2 Å². The van der Waals surface area contributed by atoms with Gasteiger partial charge in [-0.3, -0.25) is 0 Å². The molecule has 0 atom stereocenters. The number of urea groups is 1. The molecule has 0 spiro atoms. The molecule has 1 saturated carbocycles. The second-order valence-corrected chi connectivity index (χ2v) is 7.78. The highest BCUT2D eigenvalue weighted by atomic mass is 32.2. The van der Waals surface area contributed by atoms with Gasteiger partial charge in [0.25, 0.3) is 0 Å². The zero-order valence-corrected chi connectivity index (χ0v) is 15.2. The molecule has 122 valence electrons. The molecule has 1 aliphatic carbocycles. The Kier molecular flexibility index (Phi) is 5.28. The van der Waals surface area contributed by atoms with Gasteiger partial charge in [0, 0.05) is 22.4 Å². The summed E-state index contributed by atoms with van der Waals surface area (Å²) in [4.78, 5) is 17.1. The summed E-state index contributed by atoms with van der Waals surface area (Å²) >= 11 is 3.46. The molecule has 1 aromatic carbocycles. The minimum atomic E-state index is 0.0508. The van der Waals surface area contributed by atoms with Crippen molar-refractivity contribution >= 4 is 29.1 Å². The van der Waals surface area contributed by atoms with Crippen LogP contribution in [0.1, 0.15) is 28.8 Å². The molecule has 3 rings (SSSR count). The Morgan fingerprint density at radius 3 is 2.87 bits per heavy atom. The normalized spacial score (nSPS) is 13.8. The number of benzene rings is 1. The second kappa shape index (κ2) is 7.41. The van der Waals surface area contributed by atoms with Crippen molar-refractivity contribution in [2.24, 2.45) is 0 Å². The van der Waals surface area contributed by atoms with E-state index in [0.29, 0.717) is 12.6 Å². The van der Waals surface area contributed by atoms with Crippen molar-refractivity contribution in [2.45, 2.75) is 43.8 Å². The summed E-state index contributed by atoms with van der Waals surface area (Å²) in [5.41, 5.74) is 2.43. The lowest BCUT2D eigenvalue weighted by Gasteiger charge is -2.23. The molecule has 23 heavy (non-hydrogen) atoms. The lowest BCUT2D eigenvalue weighted by atomic mass is 10.2. The highest BCUT2D eigenvalue weighted by Gasteiger charge is 2.32. The largest absolute Gasteiger partial charge is 0.334 e. The average molecular weight is 347 g/mol. The van der Waals surface area contributed by atoms with Gasteiger partial charge in [-0.15, -0.1) is 23.1 Å². The number of hydrogen-bond acceptors (Lipinski definition) is 3. The van der Waals surface area contributed by atoms with Gasteiger partial charge in [-0.05, 0) is 60.7 Å². The van der Waals surface area contributed by atoms with Crippen LogP contribution in [0, 0.1) is 6.92 Å². The van der Waals surface area contributed by atoms with Crippen LogP contribution in [0.5, 0.6) is 0 Å². The fraction of sp³-hybridized carbons (Fsp3) is 0.389. The number of aryl methyl sites for hydroxylation is 1. The van der Waals surface area contributed by atoms with Crippen LogP contribution in [-0.2, 0) is 13.1 Å². The molecule has 2 amide bonds. The molecule has 1 fully saturated rings. The van der Waals surface area contributed by atoms with E-state index in [1.165, 1.54) is 15.3 Å². The van der Waals surface area contributed by atoms with Crippen molar-refractivity contribution in [3.8, 4) is 0 Å². The van der Waals surface area contributed by atoms with Crippen molar-refractivity contribution in [3.63, 3.8) is 0 Å². The minimum absolute atomic E-state index is 0.0508. The highest BCUT2D eigenvalue weighted by molar-refractivity contribution is 7.98. The van der Waals surface area contributed by atoms with E-state index in [4.69, 9.17) is 0 Å². The van der Waals surface area contributed by atoms with Crippen LogP contribution in [0.15, 0.2) is 40.6 Å². The zero-order valence-electron chi connectivity index (χ0n) is 13.5. The third-order valence-corrected chi connectivity index (χ3v) is 5.84. The molecule has 0 unspecified atom stereocenters. The number of hydrogen-bond donors (Lipinski definition) is 1. The quantitative estimate of drug-likeness (QED) is 0.772. The lowest BCUT2D eigenvalue weighted by Crippen LogP contribution is -2.40. The topological polar surface area (TPSA) is 32.3 Å². The number of amides is 2. The summed E-state index contributed by atoms with van der Waals surface area (Å²) in [6, 6.07) is 10.9. The Bertz CT molecular complexity index is 679. The number of nitrogens with zero attached hydrogens (tertiary/aromatic N) is 1. The van der Waals surface area contributed by atoms with E-state index in [9.17, 15) is 4.79 Å². The molecule has 1 aromatic heterocycles. The molecular weight excluding hydrogens is 324 g/mol. The maximum Gasteiger partial charge on any atom is 0.318 e. The maximum absolute atomic E-state index is 12.6. The molecule has 3 nitrogen and oxygen atoms in total. The Hall–Kier alpha value is -1.46. The Morgan fingerprint density at radius 1 is 1.39 bits per heavy atom. The van der Waals surface area contributed by atoms with E-state index in [1.807, 2.05) is 11.0 Å². The van der Waals surface area contributed by atoms with E-state index in [0.717, 1.165) is 24.9 Å². The van der Waals surface area contributed by atoms with Crippen molar-refractivity contribution in [2.75, 3.05) is 6.26 Å². The number of carbonyl (C=O) groups is 1. The monoisotopic (exact) mass is 346 g/mol. The number of carbonyl (C=O) groups excluding carboxylic acids is 1. The van der Waals surface area contributed by atoms with Crippen LogP contribution in [0.2, 0.25) is 0 Å². The predicted octanol–water partition coefficient (Wildman–Crippen LogP) is 4.65. The van der Waals surface area contributed by atoms with Gasteiger partial charge in [-0.1, -0.05) is 12.1 Å². The summed E-state index contributed by atoms with van der Waals surface area (Å²) in [6.07, 6.45) is 4.31. The summed E-state index contributed by atoms with van der Waals surface area (Å²) in [5.74, 6) is 0. The summed E-state index contributed by atoms with van der Waals surface area (Å²) in [7, 11) is 0.